The first-order chi connectivity index (χ1) is 10.8. The largest absolute Gasteiger partial charge is 0.478 e. The first kappa shape index (κ1) is 17.1. The van der Waals surface area contributed by atoms with Crippen LogP contribution in [-0.4, -0.2) is 28.5 Å². The molecule has 0 spiro atoms. The first-order valence-electron chi connectivity index (χ1n) is 7.34. The van der Waals surface area contributed by atoms with E-state index in [0.29, 0.717) is 18.5 Å². The summed E-state index contributed by atoms with van der Waals surface area (Å²) in [6, 6.07) is 5.87. The number of carbonyl (C=O) groups excluding carboxylic acids is 1. The van der Waals surface area contributed by atoms with Crippen LogP contribution in [0.2, 0.25) is 0 Å². The topological polar surface area (TPSA) is 79.3 Å². The Bertz CT molecular complexity index is 699. The summed E-state index contributed by atoms with van der Waals surface area (Å²) in [6.45, 7) is 6.86. The van der Waals surface area contributed by atoms with Gasteiger partial charge in [0.25, 0.3) is 5.91 Å². The van der Waals surface area contributed by atoms with Crippen molar-refractivity contribution in [3.63, 3.8) is 0 Å². The third kappa shape index (κ3) is 4.63. The Hall–Kier alpha value is -2.21. The maximum absolute atomic E-state index is 12.0. The summed E-state index contributed by atoms with van der Waals surface area (Å²) in [5.74, 6) is -1.22. The van der Waals surface area contributed by atoms with Crippen molar-refractivity contribution in [2.45, 2.75) is 32.6 Å². The summed E-state index contributed by atoms with van der Waals surface area (Å²) in [5.41, 5.74) is 1.63. The molecule has 23 heavy (non-hydrogen) atoms. The number of hydrogen-bond donors (Lipinski definition) is 2. The van der Waals surface area contributed by atoms with Crippen LogP contribution in [-0.2, 0) is 11.8 Å². The SMILES string of the molecule is CC(C)(C)c1nc(CCNC(=O)c2ccc(C(=O)O)cc2)cs1. The van der Waals surface area contributed by atoms with Crippen LogP contribution < -0.4 is 5.32 Å². The van der Waals surface area contributed by atoms with Gasteiger partial charge in [0.1, 0.15) is 0 Å². The second-order valence-corrected chi connectivity index (χ2v) is 7.14. The minimum absolute atomic E-state index is 0.0397. The predicted octanol–water partition coefficient (Wildman–Crippen LogP) is 3.11. The molecule has 1 aromatic heterocycles. The maximum atomic E-state index is 12.0. The summed E-state index contributed by atoms with van der Waals surface area (Å²) >= 11 is 1.64. The Kier molecular flexibility index (Phi) is 5.15. The summed E-state index contributed by atoms with van der Waals surface area (Å²) < 4.78 is 0. The molecular weight excluding hydrogens is 312 g/mol. The molecule has 0 aliphatic carbocycles. The van der Waals surface area contributed by atoms with Gasteiger partial charge in [0.05, 0.1) is 16.3 Å². The van der Waals surface area contributed by atoms with E-state index in [1.807, 2.05) is 5.38 Å². The maximum Gasteiger partial charge on any atom is 0.335 e. The lowest BCUT2D eigenvalue weighted by Crippen LogP contribution is -2.25. The third-order valence-electron chi connectivity index (χ3n) is 3.25. The summed E-state index contributed by atoms with van der Waals surface area (Å²) in [5, 5.41) is 14.8. The van der Waals surface area contributed by atoms with Gasteiger partial charge >= 0.3 is 5.97 Å². The van der Waals surface area contributed by atoms with Gasteiger partial charge in [-0.2, -0.15) is 0 Å². The number of nitrogens with one attached hydrogen (secondary N) is 1. The van der Waals surface area contributed by atoms with Crippen LogP contribution in [0.25, 0.3) is 0 Å². The fourth-order valence-electron chi connectivity index (χ4n) is 1.94. The van der Waals surface area contributed by atoms with E-state index in [-0.39, 0.29) is 16.9 Å². The van der Waals surface area contributed by atoms with E-state index in [1.54, 1.807) is 11.3 Å². The molecular formula is C17H20N2O3S. The lowest BCUT2D eigenvalue weighted by Gasteiger charge is -2.13. The molecule has 0 aliphatic rings. The summed E-state index contributed by atoms with van der Waals surface area (Å²) in [4.78, 5) is 27.4. The number of amides is 1. The van der Waals surface area contributed by atoms with Crippen molar-refractivity contribution in [1.29, 1.82) is 0 Å². The third-order valence-corrected chi connectivity index (χ3v) is 4.57. The van der Waals surface area contributed by atoms with E-state index >= 15 is 0 Å². The lowest BCUT2D eigenvalue weighted by atomic mass is 9.98. The van der Waals surface area contributed by atoms with Gasteiger partial charge in [-0.3, -0.25) is 4.79 Å². The molecule has 0 atom stereocenters. The van der Waals surface area contributed by atoms with E-state index in [1.165, 1.54) is 24.3 Å². The number of aromatic carboxylic acids is 1. The number of carboxylic acids is 1. The molecule has 1 amide bonds. The quantitative estimate of drug-likeness (QED) is 0.882. The second kappa shape index (κ2) is 6.91. The minimum Gasteiger partial charge on any atom is -0.478 e. The average Bonchev–Trinajstić information content (AvgIpc) is 2.96. The summed E-state index contributed by atoms with van der Waals surface area (Å²) in [6.07, 6.45) is 0.672. The van der Waals surface area contributed by atoms with Crippen molar-refractivity contribution in [3.8, 4) is 0 Å². The van der Waals surface area contributed by atoms with Gasteiger partial charge < -0.3 is 10.4 Å². The number of aromatic nitrogens is 1. The highest BCUT2D eigenvalue weighted by molar-refractivity contribution is 7.09. The van der Waals surface area contributed by atoms with Crippen LogP contribution >= 0.6 is 11.3 Å². The van der Waals surface area contributed by atoms with Crippen molar-refractivity contribution in [3.05, 3.63) is 51.5 Å². The molecule has 0 saturated heterocycles. The van der Waals surface area contributed by atoms with Crippen LogP contribution in [0.5, 0.6) is 0 Å². The van der Waals surface area contributed by atoms with Crippen LogP contribution in [0.1, 0.15) is 52.2 Å². The van der Waals surface area contributed by atoms with Crippen molar-refractivity contribution < 1.29 is 14.7 Å². The highest BCUT2D eigenvalue weighted by Crippen LogP contribution is 2.25. The molecule has 5 nitrogen and oxygen atoms in total. The zero-order valence-corrected chi connectivity index (χ0v) is 14.2. The van der Waals surface area contributed by atoms with Crippen LogP contribution in [0.15, 0.2) is 29.6 Å². The zero-order chi connectivity index (χ0) is 17.0. The molecule has 0 bridgehead atoms. The number of carboxylic acid groups (broad SMARTS) is 1. The number of nitrogens with zero attached hydrogens (tertiary/aromatic N) is 1. The van der Waals surface area contributed by atoms with Crippen molar-refractivity contribution in [2.24, 2.45) is 0 Å². The standard InChI is InChI=1S/C17H20N2O3S/c1-17(2,3)16-19-13(10-23-16)8-9-18-14(20)11-4-6-12(7-5-11)15(21)22/h4-7,10H,8-9H2,1-3H3,(H,18,20)(H,21,22). The number of benzene rings is 1. The van der Waals surface area contributed by atoms with Crippen molar-refractivity contribution in [1.82, 2.24) is 10.3 Å². The minimum atomic E-state index is -1.00. The molecule has 0 unspecified atom stereocenters. The van der Waals surface area contributed by atoms with Gasteiger partial charge in [-0.25, -0.2) is 9.78 Å². The molecule has 0 saturated carbocycles. The monoisotopic (exact) mass is 332 g/mol. The fourth-order valence-corrected chi connectivity index (χ4v) is 2.88. The van der Waals surface area contributed by atoms with Crippen molar-refractivity contribution >= 4 is 23.2 Å². The molecule has 6 heteroatoms. The smallest absolute Gasteiger partial charge is 0.335 e. The highest BCUT2D eigenvalue weighted by atomic mass is 32.1. The number of rotatable bonds is 5. The highest BCUT2D eigenvalue weighted by Gasteiger charge is 2.17. The molecule has 0 radical (unpaired) electrons. The molecule has 122 valence electrons. The molecule has 1 aromatic carbocycles. The van der Waals surface area contributed by atoms with Crippen LogP contribution in [0.3, 0.4) is 0 Å². The summed E-state index contributed by atoms with van der Waals surface area (Å²) in [7, 11) is 0. The van der Waals surface area contributed by atoms with E-state index in [4.69, 9.17) is 5.11 Å². The lowest BCUT2D eigenvalue weighted by molar-refractivity contribution is 0.0696. The van der Waals surface area contributed by atoms with Gasteiger partial charge in [-0.15, -0.1) is 11.3 Å². The van der Waals surface area contributed by atoms with Gasteiger partial charge in [0.15, 0.2) is 0 Å². The zero-order valence-electron chi connectivity index (χ0n) is 13.4. The van der Waals surface area contributed by atoms with E-state index in [2.05, 4.69) is 31.1 Å². The Morgan fingerprint density at radius 1 is 1.17 bits per heavy atom. The van der Waals surface area contributed by atoms with Gasteiger partial charge in [0, 0.05) is 29.3 Å². The number of hydrogen-bond acceptors (Lipinski definition) is 4. The van der Waals surface area contributed by atoms with E-state index in [9.17, 15) is 9.59 Å². The molecule has 2 aromatic rings. The average molecular weight is 332 g/mol. The molecule has 2 rings (SSSR count). The van der Waals surface area contributed by atoms with Gasteiger partial charge in [-0.1, -0.05) is 20.8 Å². The molecule has 0 fully saturated rings. The normalized spacial score (nSPS) is 11.3. The first-order valence-corrected chi connectivity index (χ1v) is 8.22. The Morgan fingerprint density at radius 3 is 2.30 bits per heavy atom. The van der Waals surface area contributed by atoms with Crippen molar-refractivity contribution in [2.75, 3.05) is 6.54 Å². The molecule has 2 N–H and O–H groups in total. The fraction of sp³-hybridized carbons (Fsp3) is 0.353. The van der Waals surface area contributed by atoms with Crippen LogP contribution in [0.4, 0.5) is 0 Å². The van der Waals surface area contributed by atoms with Crippen LogP contribution in [0, 0.1) is 0 Å². The second-order valence-electron chi connectivity index (χ2n) is 6.28. The number of carbonyl (C=O) groups is 2. The Balaban J connectivity index is 1.87. The van der Waals surface area contributed by atoms with Gasteiger partial charge in [-0.05, 0) is 24.3 Å². The Morgan fingerprint density at radius 2 is 1.78 bits per heavy atom. The molecule has 1 heterocycles. The molecule has 0 aliphatic heterocycles. The predicted molar refractivity (Wildman–Crippen MR) is 90.3 cm³/mol. The van der Waals surface area contributed by atoms with Gasteiger partial charge in [0.2, 0.25) is 0 Å². The Labute approximate surface area is 139 Å². The van der Waals surface area contributed by atoms with E-state index < -0.39 is 5.97 Å². The number of thiazole rings is 1. The van der Waals surface area contributed by atoms with E-state index in [0.717, 1.165) is 10.7 Å².